The van der Waals surface area contributed by atoms with Crippen molar-refractivity contribution in [2.24, 2.45) is 16.7 Å². The lowest BCUT2D eigenvalue weighted by molar-refractivity contribution is -0.160. The molecule has 6 heteroatoms. The standard InChI is InChI=1S/C10H15BO5/c1-9(2)5-3-4-10(9,8(12)13)7-6(5)15-11(14)16-7/h5-7,14H,3-4H2,1-2H3,(H,12,13). The molecule has 0 aromatic rings. The number of carboxylic acid groups (broad SMARTS) is 1. The normalized spacial score (nSPS) is 48.4. The van der Waals surface area contributed by atoms with Gasteiger partial charge in [0.2, 0.25) is 0 Å². The maximum Gasteiger partial charge on any atom is 0.637 e. The lowest BCUT2D eigenvalue weighted by Crippen LogP contribution is -2.48. The first kappa shape index (κ1) is 10.6. The monoisotopic (exact) mass is 226 g/mol. The average molecular weight is 226 g/mol. The van der Waals surface area contributed by atoms with Gasteiger partial charge in [-0.25, -0.2) is 0 Å². The lowest BCUT2D eigenvalue weighted by Gasteiger charge is -2.36. The topological polar surface area (TPSA) is 76.0 Å². The van der Waals surface area contributed by atoms with Gasteiger partial charge in [0.05, 0.1) is 12.2 Å². The molecule has 4 atom stereocenters. The molecule has 0 radical (unpaired) electrons. The fourth-order valence-electron chi connectivity index (χ4n) is 4.13. The molecule has 1 heterocycles. The predicted octanol–water partition coefficient (Wildman–Crippen LogP) is 0.268. The van der Waals surface area contributed by atoms with Gasteiger partial charge < -0.3 is 19.4 Å². The van der Waals surface area contributed by atoms with Crippen molar-refractivity contribution in [3.8, 4) is 0 Å². The fourth-order valence-corrected chi connectivity index (χ4v) is 4.13. The van der Waals surface area contributed by atoms with E-state index in [1.54, 1.807) is 0 Å². The first-order valence-corrected chi connectivity index (χ1v) is 5.63. The molecule has 0 aromatic heterocycles. The van der Waals surface area contributed by atoms with Crippen LogP contribution in [0.15, 0.2) is 0 Å². The molecule has 2 bridgehead atoms. The zero-order valence-electron chi connectivity index (χ0n) is 9.34. The Labute approximate surface area is 93.9 Å². The van der Waals surface area contributed by atoms with Gasteiger partial charge in [0.1, 0.15) is 5.41 Å². The van der Waals surface area contributed by atoms with Crippen molar-refractivity contribution in [1.29, 1.82) is 0 Å². The molecule has 88 valence electrons. The van der Waals surface area contributed by atoms with Gasteiger partial charge >= 0.3 is 13.3 Å². The summed E-state index contributed by atoms with van der Waals surface area (Å²) in [5.74, 6) is -0.670. The Balaban J connectivity index is 2.10. The van der Waals surface area contributed by atoms with Crippen molar-refractivity contribution in [2.75, 3.05) is 0 Å². The predicted molar refractivity (Wildman–Crippen MR) is 54.3 cm³/mol. The van der Waals surface area contributed by atoms with Crippen LogP contribution in [-0.4, -0.2) is 35.6 Å². The van der Waals surface area contributed by atoms with Crippen molar-refractivity contribution in [2.45, 2.75) is 38.9 Å². The molecule has 2 aliphatic carbocycles. The maximum atomic E-state index is 11.6. The molecule has 0 aromatic carbocycles. The van der Waals surface area contributed by atoms with E-state index < -0.39 is 24.8 Å². The zero-order valence-corrected chi connectivity index (χ0v) is 9.34. The van der Waals surface area contributed by atoms with Crippen molar-refractivity contribution in [3.05, 3.63) is 0 Å². The third-order valence-electron chi connectivity index (χ3n) is 5.03. The minimum atomic E-state index is -1.26. The molecule has 3 fully saturated rings. The van der Waals surface area contributed by atoms with E-state index >= 15 is 0 Å². The number of carbonyl (C=O) groups is 1. The highest BCUT2D eigenvalue weighted by molar-refractivity contribution is 6.35. The van der Waals surface area contributed by atoms with Crippen molar-refractivity contribution in [3.63, 3.8) is 0 Å². The second-order valence-electron chi connectivity index (χ2n) is 5.61. The van der Waals surface area contributed by atoms with E-state index in [9.17, 15) is 14.9 Å². The first-order chi connectivity index (χ1) is 7.41. The van der Waals surface area contributed by atoms with E-state index in [-0.39, 0.29) is 17.4 Å². The molecule has 1 saturated heterocycles. The van der Waals surface area contributed by atoms with Crippen LogP contribution in [0.3, 0.4) is 0 Å². The summed E-state index contributed by atoms with van der Waals surface area (Å²) in [5, 5.41) is 18.9. The molecule has 3 aliphatic rings. The van der Waals surface area contributed by atoms with E-state index in [0.717, 1.165) is 6.42 Å². The summed E-state index contributed by atoms with van der Waals surface area (Å²) < 4.78 is 10.6. The van der Waals surface area contributed by atoms with Crippen molar-refractivity contribution in [1.82, 2.24) is 0 Å². The van der Waals surface area contributed by atoms with Crippen molar-refractivity contribution >= 4 is 13.3 Å². The van der Waals surface area contributed by atoms with E-state index in [4.69, 9.17) is 9.31 Å². The Morgan fingerprint density at radius 2 is 2.12 bits per heavy atom. The number of rotatable bonds is 1. The smallest absolute Gasteiger partial charge is 0.481 e. The van der Waals surface area contributed by atoms with Gasteiger partial charge in [0, 0.05) is 0 Å². The molecule has 3 rings (SSSR count). The van der Waals surface area contributed by atoms with Crippen LogP contribution in [0.25, 0.3) is 0 Å². The summed E-state index contributed by atoms with van der Waals surface area (Å²) in [5.41, 5.74) is -1.24. The number of hydrogen-bond donors (Lipinski definition) is 2. The summed E-state index contributed by atoms with van der Waals surface area (Å²) in [6, 6.07) is 0. The molecule has 0 amide bonds. The average Bonchev–Trinajstić information content (AvgIpc) is 2.70. The van der Waals surface area contributed by atoms with Crippen LogP contribution in [0.5, 0.6) is 0 Å². The second-order valence-corrected chi connectivity index (χ2v) is 5.61. The van der Waals surface area contributed by atoms with E-state index in [0.29, 0.717) is 6.42 Å². The van der Waals surface area contributed by atoms with E-state index in [1.807, 2.05) is 13.8 Å². The summed E-state index contributed by atoms with van der Waals surface area (Å²) in [4.78, 5) is 11.6. The van der Waals surface area contributed by atoms with Gasteiger partial charge in [-0.15, -0.1) is 0 Å². The second kappa shape index (κ2) is 2.80. The molecular formula is C10H15BO5. The fraction of sp³-hybridized carbons (Fsp3) is 0.900. The first-order valence-electron chi connectivity index (χ1n) is 5.63. The number of fused-ring (bicyclic) bond motifs is 5. The van der Waals surface area contributed by atoms with Gasteiger partial charge in [-0.1, -0.05) is 13.8 Å². The molecule has 4 unspecified atom stereocenters. The molecule has 2 N–H and O–H groups in total. The molecule has 5 nitrogen and oxygen atoms in total. The van der Waals surface area contributed by atoms with Crippen LogP contribution >= 0.6 is 0 Å². The third kappa shape index (κ3) is 0.882. The molecule has 0 spiro atoms. The van der Waals surface area contributed by atoms with Crippen LogP contribution in [0.4, 0.5) is 0 Å². The van der Waals surface area contributed by atoms with Gasteiger partial charge in [-0.05, 0) is 24.2 Å². The Morgan fingerprint density at radius 1 is 1.44 bits per heavy atom. The minimum Gasteiger partial charge on any atom is -0.481 e. The number of aliphatic carboxylic acids is 1. The van der Waals surface area contributed by atoms with E-state index in [2.05, 4.69) is 0 Å². The maximum absolute atomic E-state index is 11.6. The highest BCUT2D eigenvalue weighted by Gasteiger charge is 2.76. The highest BCUT2D eigenvalue weighted by Crippen LogP contribution is 2.68. The summed E-state index contributed by atoms with van der Waals surface area (Å²) >= 11 is 0. The zero-order chi connectivity index (χ0) is 11.7. The molecule has 2 saturated carbocycles. The largest absolute Gasteiger partial charge is 0.637 e. The molecule has 16 heavy (non-hydrogen) atoms. The Bertz CT molecular complexity index is 357. The lowest BCUT2D eigenvalue weighted by atomic mass is 9.68. The molecular weight excluding hydrogens is 211 g/mol. The van der Waals surface area contributed by atoms with Crippen LogP contribution in [0, 0.1) is 16.7 Å². The summed E-state index contributed by atoms with van der Waals surface area (Å²) in [6.07, 6.45) is 0.664. The number of carboxylic acids is 1. The third-order valence-corrected chi connectivity index (χ3v) is 5.03. The Kier molecular flexibility index (Phi) is 1.85. The van der Waals surface area contributed by atoms with Gasteiger partial charge in [0.25, 0.3) is 0 Å². The quantitative estimate of drug-likeness (QED) is 0.627. The van der Waals surface area contributed by atoms with Crippen LogP contribution in [0.2, 0.25) is 0 Å². The number of hydrogen-bond acceptors (Lipinski definition) is 4. The van der Waals surface area contributed by atoms with Crippen LogP contribution in [-0.2, 0) is 14.1 Å². The summed E-state index contributed by atoms with van der Waals surface area (Å²) in [6.45, 7) is 3.94. The van der Waals surface area contributed by atoms with Gasteiger partial charge in [-0.3, -0.25) is 4.79 Å². The van der Waals surface area contributed by atoms with E-state index in [1.165, 1.54) is 0 Å². The minimum absolute atomic E-state index is 0.158. The Hall–Kier alpha value is -0.585. The SMILES string of the molecule is CC1(C)C2CCC1(C(=O)O)C1OB(O)OC21. The Morgan fingerprint density at radius 3 is 2.75 bits per heavy atom. The van der Waals surface area contributed by atoms with Crippen molar-refractivity contribution < 1.29 is 24.2 Å². The molecule has 1 aliphatic heterocycles. The highest BCUT2D eigenvalue weighted by atomic mass is 16.7. The summed E-state index contributed by atoms with van der Waals surface area (Å²) in [7, 11) is -1.26. The van der Waals surface area contributed by atoms with Crippen LogP contribution < -0.4 is 0 Å². The van der Waals surface area contributed by atoms with Crippen LogP contribution in [0.1, 0.15) is 26.7 Å². The van der Waals surface area contributed by atoms with Gasteiger partial charge in [-0.2, -0.15) is 0 Å². The van der Waals surface area contributed by atoms with Gasteiger partial charge in [0.15, 0.2) is 0 Å².